The van der Waals surface area contributed by atoms with Crippen LogP contribution in [0.5, 0.6) is 0 Å². The van der Waals surface area contributed by atoms with Gasteiger partial charge in [0.1, 0.15) is 17.3 Å². The van der Waals surface area contributed by atoms with E-state index in [9.17, 15) is 18.3 Å². The van der Waals surface area contributed by atoms with Crippen molar-refractivity contribution in [1.82, 2.24) is 13.6 Å². The molecule has 3 unspecified atom stereocenters. The Morgan fingerprint density at radius 2 is 2.25 bits per heavy atom. The van der Waals surface area contributed by atoms with Gasteiger partial charge in [-0.25, -0.2) is 4.79 Å². The lowest BCUT2D eigenvalue weighted by atomic mass is 9.66. The van der Waals surface area contributed by atoms with Gasteiger partial charge in [-0.15, -0.1) is 0 Å². The first-order chi connectivity index (χ1) is 11.5. The van der Waals surface area contributed by atoms with E-state index in [0.29, 0.717) is 30.7 Å². The van der Waals surface area contributed by atoms with Crippen LogP contribution in [0.1, 0.15) is 37.6 Å². The van der Waals surface area contributed by atoms with Crippen LogP contribution in [0.25, 0.3) is 0 Å². The highest BCUT2D eigenvalue weighted by Crippen LogP contribution is 2.49. The highest BCUT2D eigenvalue weighted by Gasteiger charge is 2.61. The third-order valence-corrected chi connectivity index (χ3v) is 6.43. The first-order valence-corrected chi connectivity index (χ1v) is 9.59. The summed E-state index contributed by atoms with van der Waals surface area (Å²) >= 11 is 1.01. The molecule has 0 spiro atoms. The Balaban J connectivity index is 2.22. The summed E-state index contributed by atoms with van der Waals surface area (Å²) in [5.41, 5.74) is -0.0328. The lowest BCUT2D eigenvalue weighted by Crippen LogP contribution is -2.69. The van der Waals surface area contributed by atoms with E-state index in [-0.39, 0.29) is 17.3 Å². The monoisotopic (exact) mass is 373 g/mol. The lowest BCUT2D eigenvalue weighted by molar-refractivity contribution is -0.0550. The summed E-state index contributed by atoms with van der Waals surface area (Å²) in [6.07, 6.45) is 0.546. The highest BCUT2D eigenvalue weighted by atomic mass is 32.2. The Morgan fingerprint density at radius 1 is 1.50 bits per heavy atom. The Bertz CT molecular complexity index is 782. The van der Waals surface area contributed by atoms with E-state index in [0.717, 1.165) is 18.1 Å². The van der Waals surface area contributed by atoms with Crippen molar-refractivity contribution < 1.29 is 23.1 Å². The van der Waals surface area contributed by atoms with Crippen LogP contribution in [-0.4, -0.2) is 57.9 Å². The van der Waals surface area contributed by atoms with Crippen LogP contribution in [0.4, 0.5) is 4.79 Å². The third kappa shape index (κ3) is 2.35. The topological polar surface area (TPSA) is 110 Å². The summed E-state index contributed by atoms with van der Waals surface area (Å²) in [4.78, 5) is 13.8. The van der Waals surface area contributed by atoms with Crippen molar-refractivity contribution in [1.29, 1.82) is 0 Å². The molecule has 3 heterocycles. The first-order valence-electron chi connectivity index (χ1n) is 7.78. The van der Waals surface area contributed by atoms with Gasteiger partial charge in [-0.05, 0) is 19.3 Å². The Morgan fingerprint density at radius 3 is 2.88 bits per heavy atom. The Labute approximate surface area is 145 Å². The maximum atomic E-state index is 12.3. The van der Waals surface area contributed by atoms with Crippen molar-refractivity contribution in [3.8, 4) is 0 Å². The van der Waals surface area contributed by atoms with Gasteiger partial charge < -0.3 is 9.84 Å². The van der Waals surface area contributed by atoms with E-state index in [1.807, 2.05) is 6.92 Å². The predicted molar refractivity (Wildman–Crippen MR) is 87.4 cm³/mol. The predicted octanol–water partition coefficient (Wildman–Crippen LogP) is 0.590. The maximum absolute atomic E-state index is 12.3. The largest absolute Gasteiger partial charge is 0.453 e. The van der Waals surface area contributed by atoms with Gasteiger partial charge in [-0.2, -0.15) is 17.2 Å². The van der Waals surface area contributed by atoms with Crippen molar-refractivity contribution in [2.45, 2.75) is 44.2 Å². The number of aliphatic hydroxyl groups excluding tert-OH is 1. The minimum Gasteiger partial charge on any atom is -0.453 e. The molecule has 0 aromatic carbocycles. The molecule has 8 nitrogen and oxygen atoms in total. The highest BCUT2D eigenvalue weighted by molar-refractivity contribution is 7.73. The number of hydrogen-bond acceptors (Lipinski definition) is 8. The Kier molecular flexibility index (Phi) is 4.63. The van der Waals surface area contributed by atoms with Crippen LogP contribution >= 0.6 is 11.7 Å². The molecule has 2 aliphatic heterocycles. The number of nitrogens with zero attached hydrogens (tertiary/aromatic N) is 3. The average Bonchev–Trinajstić information content (AvgIpc) is 3.03. The minimum atomic E-state index is -2.52. The molecule has 1 saturated carbocycles. The minimum absolute atomic E-state index is 0.0526. The molecule has 1 amide bonds. The maximum Gasteiger partial charge on any atom is 0.410 e. The lowest BCUT2D eigenvalue weighted by Gasteiger charge is -2.55. The molecule has 0 radical (unpaired) electrons. The van der Waals surface area contributed by atoms with Crippen LogP contribution in [0.2, 0.25) is 0 Å². The van der Waals surface area contributed by atoms with Gasteiger partial charge in [0.25, 0.3) is 0 Å². The van der Waals surface area contributed by atoms with E-state index >= 15 is 0 Å². The molecule has 132 valence electrons. The van der Waals surface area contributed by atoms with Crippen molar-refractivity contribution in [2.75, 3.05) is 13.7 Å². The first kappa shape index (κ1) is 17.3. The molecule has 2 bridgehead atoms. The zero-order valence-corrected chi connectivity index (χ0v) is 15.1. The van der Waals surface area contributed by atoms with E-state index < -0.39 is 28.0 Å². The van der Waals surface area contributed by atoms with Gasteiger partial charge in [-0.3, -0.25) is 4.90 Å². The summed E-state index contributed by atoms with van der Waals surface area (Å²) in [5, 5.41) is 10.9. The standard InChI is InChI=1S/C14H19N3O5S2/c1-3-4-9-11(16-23-15-9)14-6-5-8(7-17(14)13(19)22-2)10(12(14)18)24(20)21/h8,12,18H,3-7H2,1-2H3. The van der Waals surface area contributed by atoms with Crippen molar-refractivity contribution in [3.63, 3.8) is 0 Å². The number of aryl methyl sites for hydroxylation is 1. The molecule has 1 aromatic heterocycles. The fraction of sp³-hybridized carbons (Fsp3) is 0.714. The second kappa shape index (κ2) is 6.41. The second-order valence-electron chi connectivity index (χ2n) is 6.09. The SMILES string of the molecule is CCCc1nsnc1C12CCC(CN1C(=O)OC)C(=S(=O)=O)C2O. The summed E-state index contributed by atoms with van der Waals surface area (Å²) in [6.45, 7) is 2.19. The number of fused-ring (bicyclic) bond motifs is 3. The fourth-order valence-corrected chi connectivity index (χ4v) is 5.37. The number of rotatable bonds is 3. The van der Waals surface area contributed by atoms with E-state index in [2.05, 4.69) is 8.75 Å². The zero-order chi connectivity index (χ0) is 17.5. The molecule has 4 rings (SSSR count). The van der Waals surface area contributed by atoms with Crippen LogP contribution in [0.3, 0.4) is 0 Å². The normalized spacial score (nSPS) is 29.0. The summed E-state index contributed by atoms with van der Waals surface area (Å²) in [5.74, 6) is -0.388. The Hall–Kier alpha value is -1.52. The van der Waals surface area contributed by atoms with Gasteiger partial charge in [0.15, 0.2) is 0 Å². The van der Waals surface area contributed by atoms with Crippen LogP contribution in [-0.2, 0) is 27.0 Å². The number of carbonyl (C=O) groups is 1. The van der Waals surface area contributed by atoms with Gasteiger partial charge in [0.05, 0.1) is 29.4 Å². The number of carbonyl (C=O) groups excluding carboxylic acids is 1. The van der Waals surface area contributed by atoms with Gasteiger partial charge in [0.2, 0.25) is 10.3 Å². The van der Waals surface area contributed by atoms with Crippen LogP contribution in [0.15, 0.2) is 0 Å². The van der Waals surface area contributed by atoms with Crippen molar-refractivity contribution >= 4 is 33.0 Å². The van der Waals surface area contributed by atoms with Crippen molar-refractivity contribution in [2.24, 2.45) is 5.92 Å². The van der Waals surface area contributed by atoms with Crippen LogP contribution < -0.4 is 0 Å². The fourth-order valence-electron chi connectivity index (χ4n) is 3.87. The third-order valence-electron chi connectivity index (χ3n) is 4.92. The molecule has 2 saturated heterocycles. The second-order valence-corrected chi connectivity index (χ2v) is 7.56. The van der Waals surface area contributed by atoms with E-state index in [1.54, 1.807) is 0 Å². The molecular formula is C14H19N3O5S2. The van der Waals surface area contributed by atoms with E-state index in [1.165, 1.54) is 12.0 Å². The number of ether oxygens (including phenoxy) is 1. The van der Waals surface area contributed by atoms with Gasteiger partial charge in [0, 0.05) is 12.5 Å². The number of piperidine rings is 2. The molecular weight excluding hydrogens is 354 g/mol. The molecule has 3 fully saturated rings. The summed E-state index contributed by atoms with van der Waals surface area (Å²) in [6, 6.07) is 0. The molecule has 10 heteroatoms. The molecule has 1 aromatic rings. The molecule has 3 atom stereocenters. The smallest absolute Gasteiger partial charge is 0.410 e. The summed E-state index contributed by atoms with van der Waals surface area (Å²) in [7, 11) is -1.25. The molecule has 3 aliphatic rings. The van der Waals surface area contributed by atoms with Gasteiger partial charge >= 0.3 is 6.09 Å². The number of aliphatic hydroxyl groups is 1. The quantitative estimate of drug-likeness (QED) is 0.772. The number of aromatic nitrogens is 2. The van der Waals surface area contributed by atoms with E-state index in [4.69, 9.17) is 4.74 Å². The summed E-state index contributed by atoms with van der Waals surface area (Å²) < 4.78 is 36.8. The average molecular weight is 373 g/mol. The molecule has 24 heavy (non-hydrogen) atoms. The molecule has 1 N–H and O–H groups in total. The number of methoxy groups -OCH3 is 1. The van der Waals surface area contributed by atoms with Crippen LogP contribution in [0, 0.1) is 5.92 Å². The molecule has 1 aliphatic carbocycles. The van der Waals surface area contributed by atoms with Crippen molar-refractivity contribution in [3.05, 3.63) is 11.4 Å². The number of hydrogen-bond donors (Lipinski definition) is 1. The van der Waals surface area contributed by atoms with Gasteiger partial charge in [-0.1, -0.05) is 13.3 Å². The zero-order valence-electron chi connectivity index (χ0n) is 13.4. The number of amides is 1.